The van der Waals surface area contributed by atoms with E-state index in [1.54, 1.807) is 18.2 Å². The highest BCUT2D eigenvalue weighted by Crippen LogP contribution is 2.29. The Bertz CT molecular complexity index is 746. The summed E-state index contributed by atoms with van der Waals surface area (Å²) in [6.07, 6.45) is 0.478. The number of carbonyl (C=O) groups excluding carboxylic acids is 1. The molecule has 8 heteroatoms. The Morgan fingerprint density at radius 3 is 2.69 bits per heavy atom. The van der Waals surface area contributed by atoms with Gasteiger partial charge in [-0.25, -0.2) is 0 Å². The van der Waals surface area contributed by atoms with Crippen molar-refractivity contribution in [3.05, 3.63) is 53.1 Å². The summed E-state index contributed by atoms with van der Waals surface area (Å²) in [6, 6.07) is 12.1. The van der Waals surface area contributed by atoms with Crippen molar-refractivity contribution in [1.29, 1.82) is 0 Å². The van der Waals surface area contributed by atoms with Crippen molar-refractivity contribution in [2.75, 3.05) is 19.4 Å². The van der Waals surface area contributed by atoms with E-state index >= 15 is 0 Å². The van der Waals surface area contributed by atoms with Gasteiger partial charge in [-0.3, -0.25) is 4.79 Å². The molecule has 0 aliphatic heterocycles. The van der Waals surface area contributed by atoms with Crippen molar-refractivity contribution in [1.82, 2.24) is 5.32 Å². The molecule has 0 unspecified atom stereocenters. The third-order valence-corrected chi connectivity index (χ3v) is 4.89. The minimum absolute atomic E-state index is 0.0272. The topological polar surface area (TPSA) is 47.6 Å². The van der Waals surface area contributed by atoms with E-state index in [0.29, 0.717) is 18.0 Å². The molecule has 1 N–H and O–H groups in total. The molecule has 0 aliphatic carbocycles. The number of hydrogen-bond acceptors (Lipinski definition) is 4. The van der Waals surface area contributed by atoms with Gasteiger partial charge in [-0.1, -0.05) is 29.8 Å². The first-order valence-electron chi connectivity index (χ1n) is 7.75. The fourth-order valence-electron chi connectivity index (χ4n) is 2.17. The first-order valence-corrected chi connectivity index (χ1v) is 9.11. The van der Waals surface area contributed by atoms with E-state index < -0.39 is 6.61 Å². The zero-order valence-electron chi connectivity index (χ0n) is 14.0. The third-order valence-electron chi connectivity index (χ3n) is 3.38. The van der Waals surface area contributed by atoms with Crippen molar-refractivity contribution in [2.45, 2.75) is 17.9 Å². The van der Waals surface area contributed by atoms with Gasteiger partial charge in [0.15, 0.2) is 11.5 Å². The smallest absolute Gasteiger partial charge is 0.387 e. The molecule has 4 nitrogen and oxygen atoms in total. The second kappa shape index (κ2) is 10.2. The number of carbonyl (C=O) groups is 1. The van der Waals surface area contributed by atoms with Crippen molar-refractivity contribution >= 4 is 29.3 Å². The number of benzene rings is 2. The maximum Gasteiger partial charge on any atom is 0.387 e. The summed E-state index contributed by atoms with van der Waals surface area (Å²) in [7, 11) is 1.38. The van der Waals surface area contributed by atoms with E-state index in [4.69, 9.17) is 16.3 Å². The Kier molecular flexibility index (Phi) is 8.00. The lowest BCUT2D eigenvalue weighted by atomic mass is 10.1. The largest absolute Gasteiger partial charge is 0.493 e. The number of halogens is 3. The second-order valence-corrected chi connectivity index (χ2v) is 6.61. The summed E-state index contributed by atoms with van der Waals surface area (Å²) in [4.78, 5) is 12.8. The van der Waals surface area contributed by atoms with Gasteiger partial charge in [-0.05, 0) is 36.2 Å². The molecule has 26 heavy (non-hydrogen) atoms. The number of amides is 1. The molecule has 0 bridgehead atoms. The van der Waals surface area contributed by atoms with Gasteiger partial charge in [0.25, 0.3) is 0 Å². The van der Waals surface area contributed by atoms with Gasteiger partial charge in [0, 0.05) is 11.4 Å². The van der Waals surface area contributed by atoms with Crippen molar-refractivity contribution in [3.63, 3.8) is 0 Å². The Balaban J connectivity index is 1.81. The number of methoxy groups -OCH3 is 1. The second-order valence-electron chi connectivity index (χ2n) is 5.18. The fraction of sp³-hybridized carbons (Fsp3) is 0.278. The van der Waals surface area contributed by atoms with Gasteiger partial charge in [0.2, 0.25) is 5.91 Å². The minimum atomic E-state index is -2.93. The van der Waals surface area contributed by atoms with Crippen LogP contribution in [0.15, 0.2) is 47.4 Å². The SMILES string of the molecule is COc1ccc(CCNC(=O)CSc2ccccc2Cl)cc1OC(F)F. The van der Waals surface area contributed by atoms with E-state index in [1.807, 2.05) is 18.2 Å². The van der Waals surface area contributed by atoms with Crippen molar-refractivity contribution < 1.29 is 23.0 Å². The Hall–Kier alpha value is -1.99. The first kappa shape index (κ1) is 20.3. The molecule has 1 amide bonds. The van der Waals surface area contributed by atoms with Crippen LogP contribution >= 0.6 is 23.4 Å². The van der Waals surface area contributed by atoms with Gasteiger partial charge >= 0.3 is 6.61 Å². The molecule has 140 valence electrons. The van der Waals surface area contributed by atoms with Crippen LogP contribution in [0.1, 0.15) is 5.56 Å². The number of hydrogen-bond donors (Lipinski definition) is 1. The van der Waals surface area contributed by atoms with Gasteiger partial charge in [-0.15, -0.1) is 11.8 Å². The summed E-state index contributed by atoms with van der Waals surface area (Å²) in [6.45, 7) is -2.55. The first-order chi connectivity index (χ1) is 12.5. The Labute approximate surface area is 159 Å². The highest BCUT2D eigenvalue weighted by Gasteiger charge is 2.11. The maximum absolute atomic E-state index is 12.4. The summed E-state index contributed by atoms with van der Waals surface area (Å²) < 4.78 is 34.3. The van der Waals surface area contributed by atoms with Crippen LogP contribution in [0.5, 0.6) is 11.5 Å². The lowest BCUT2D eigenvalue weighted by Crippen LogP contribution is -2.27. The number of nitrogens with one attached hydrogen (secondary N) is 1. The average Bonchev–Trinajstić information content (AvgIpc) is 2.61. The van der Waals surface area contributed by atoms with E-state index in [0.717, 1.165) is 10.5 Å². The summed E-state index contributed by atoms with van der Waals surface area (Å²) in [5.74, 6) is 0.314. The number of thioether (sulfide) groups is 1. The van der Waals surface area contributed by atoms with Crippen LogP contribution in [0.2, 0.25) is 5.02 Å². The van der Waals surface area contributed by atoms with Crippen LogP contribution in [0.3, 0.4) is 0 Å². The van der Waals surface area contributed by atoms with Crippen molar-refractivity contribution in [2.24, 2.45) is 0 Å². The lowest BCUT2D eigenvalue weighted by Gasteiger charge is -2.12. The molecular formula is C18H18ClF2NO3S. The Morgan fingerprint density at radius 1 is 1.23 bits per heavy atom. The predicted molar refractivity (Wildman–Crippen MR) is 98.5 cm³/mol. The molecule has 0 aromatic heterocycles. The van der Waals surface area contributed by atoms with Gasteiger partial charge in [0.05, 0.1) is 17.9 Å². The van der Waals surface area contributed by atoms with E-state index in [9.17, 15) is 13.6 Å². The zero-order chi connectivity index (χ0) is 18.9. The van der Waals surface area contributed by atoms with E-state index in [1.165, 1.54) is 24.9 Å². The molecule has 0 saturated heterocycles. The fourth-order valence-corrected chi connectivity index (χ4v) is 3.24. The third kappa shape index (κ3) is 6.38. The predicted octanol–water partition coefficient (Wildman–Crippen LogP) is 4.40. The van der Waals surface area contributed by atoms with Crippen LogP contribution in [0.4, 0.5) is 8.78 Å². The van der Waals surface area contributed by atoms with Crippen LogP contribution in [-0.4, -0.2) is 31.9 Å². The Morgan fingerprint density at radius 2 is 2.00 bits per heavy atom. The van der Waals surface area contributed by atoms with Gasteiger partial charge in [-0.2, -0.15) is 8.78 Å². The summed E-state index contributed by atoms with van der Waals surface area (Å²) in [5, 5.41) is 3.39. The molecule has 2 aromatic carbocycles. The standard InChI is InChI=1S/C18H18ClF2NO3S/c1-24-14-7-6-12(10-15(14)25-18(20)21)8-9-22-17(23)11-26-16-5-3-2-4-13(16)19/h2-7,10,18H,8-9,11H2,1H3,(H,22,23). The van der Waals surface area contributed by atoms with E-state index in [2.05, 4.69) is 10.1 Å². The highest BCUT2D eigenvalue weighted by molar-refractivity contribution is 8.00. The molecular weight excluding hydrogens is 384 g/mol. The summed E-state index contributed by atoms with van der Waals surface area (Å²) >= 11 is 7.39. The molecule has 0 aliphatic rings. The van der Waals surface area contributed by atoms with Crippen LogP contribution in [-0.2, 0) is 11.2 Å². The van der Waals surface area contributed by atoms with Gasteiger partial charge < -0.3 is 14.8 Å². The van der Waals surface area contributed by atoms with Crippen LogP contribution in [0.25, 0.3) is 0 Å². The maximum atomic E-state index is 12.4. The van der Waals surface area contributed by atoms with Crippen LogP contribution in [0, 0.1) is 0 Å². The zero-order valence-corrected chi connectivity index (χ0v) is 15.6. The minimum Gasteiger partial charge on any atom is -0.493 e. The normalized spacial score (nSPS) is 10.7. The molecule has 2 aromatic rings. The monoisotopic (exact) mass is 401 g/mol. The summed E-state index contributed by atoms with van der Waals surface area (Å²) in [5.41, 5.74) is 0.750. The molecule has 0 saturated carbocycles. The average molecular weight is 402 g/mol. The molecule has 0 radical (unpaired) electrons. The highest BCUT2D eigenvalue weighted by atomic mass is 35.5. The number of alkyl halides is 2. The molecule has 0 spiro atoms. The number of ether oxygens (including phenoxy) is 2. The van der Waals surface area contributed by atoms with E-state index in [-0.39, 0.29) is 23.2 Å². The lowest BCUT2D eigenvalue weighted by molar-refractivity contribution is -0.118. The van der Waals surface area contributed by atoms with Crippen LogP contribution < -0.4 is 14.8 Å². The molecule has 0 heterocycles. The molecule has 0 fully saturated rings. The van der Waals surface area contributed by atoms with Crippen molar-refractivity contribution in [3.8, 4) is 11.5 Å². The molecule has 0 atom stereocenters. The molecule has 2 rings (SSSR count). The number of rotatable bonds is 9. The quantitative estimate of drug-likeness (QED) is 0.632. The van der Waals surface area contributed by atoms with Gasteiger partial charge in [0.1, 0.15) is 0 Å².